The molecule has 0 spiro atoms. The van der Waals surface area contributed by atoms with E-state index in [1.807, 2.05) is 78.9 Å². The van der Waals surface area contributed by atoms with Crippen molar-refractivity contribution in [3.05, 3.63) is 114 Å². The molecule has 5 aromatic rings. The molecule has 0 bridgehead atoms. The zero-order valence-corrected chi connectivity index (χ0v) is 20.4. The third-order valence-corrected chi connectivity index (χ3v) is 6.46. The summed E-state index contributed by atoms with van der Waals surface area (Å²) in [6.07, 6.45) is 1.68. The lowest BCUT2D eigenvalue weighted by atomic mass is 9.93. The number of imidazole rings is 1. The molecule has 0 aliphatic rings. The summed E-state index contributed by atoms with van der Waals surface area (Å²) in [6.45, 7) is 2.07. The van der Waals surface area contributed by atoms with Crippen LogP contribution in [0.1, 0.15) is 52.1 Å². The van der Waals surface area contributed by atoms with Gasteiger partial charge in [-0.05, 0) is 47.4 Å². The number of amides is 1. The normalized spacial score (nSPS) is 11.8. The molecule has 37 heavy (non-hydrogen) atoms. The van der Waals surface area contributed by atoms with Gasteiger partial charge in [0.1, 0.15) is 5.82 Å². The van der Waals surface area contributed by atoms with Gasteiger partial charge < -0.3 is 15.4 Å². The van der Waals surface area contributed by atoms with E-state index in [1.165, 1.54) is 6.07 Å². The van der Waals surface area contributed by atoms with Crippen LogP contribution in [0.2, 0.25) is 0 Å². The molecule has 1 aromatic heterocycles. The standard InChI is InChI=1S/C31H27N3O3/c1-2-10-26(20-11-4-3-5-12-20)34-30(35)21-17-18-23(25(19-21)31(36)37)22-13-6-7-14-24(22)29-32-27-15-8-9-16-28(27)33-29/h3-9,11-19,26H,2,10H2,1H3,(H,32,33)(H,34,35)(H,36,37). The molecule has 0 fully saturated rings. The van der Waals surface area contributed by atoms with Gasteiger partial charge in [0.25, 0.3) is 5.91 Å². The molecular weight excluding hydrogens is 462 g/mol. The quantitative estimate of drug-likeness (QED) is 0.222. The van der Waals surface area contributed by atoms with Crippen molar-refractivity contribution in [2.24, 2.45) is 0 Å². The van der Waals surface area contributed by atoms with Gasteiger partial charge in [-0.2, -0.15) is 0 Å². The number of rotatable bonds is 8. The third kappa shape index (κ3) is 5.00. The van der Waals surface area contributed by atoms with Crippen molar-refractivity contribution in [1.82, 2.24) is 15.3 Å². The van der Waals surface area contributed by atoms with Crippen LogP contribution in [-0.4, -0.2) is 27.0 Å². The highest BCUT2D eigenvalue weighted by molar-refractivity contribution is 6.03. The van der Waals surface area contributed by atoms with Crippen LogP contribution in [0, 0.1) is 0 Å². The Morgan fingerprint density at radius 1 is 0.865 bits per heavy atom. The molecule has 6 heteroatoms. The smallest absolute Gasteiger partial charge is 0.336 e. The average molecular weight is 490 g/mol. The molecule has 4 aromatic carbocycles. The van der Waals surface area contributed by atoms with Crippen LogP contribution in [0.15, 0.2) is 97.1 Å². The molecule has 1 heterocycles. The summed E-state index contributed by atoms with van der Waals surface area (Å²) in [4.78, 5) is 33.6. The topological polar surface area (TPSA) is 95.1 Å². The molecule has 1 amide bonds. The number of nitrogens with zero attached hydrogens (tertiary/aromatic N) is 1. The number of carboxylic acid groups (broad SMARTS) is 1. The fourth-order valence-corrected chi connectivity index (χ4v) is 4.64. The number of aromatic carboxylic acids is 1. The third-order valence-electron chi connectivity index (χ3n) is 6.46. The number of carbonyl (C=O) groups is 2. The Kier molecular flexibility index (Phi) is 6.81. The number of aromatic amines is 1. The predicted octanol–water partition coefficient (Wildman–Crippen LogP) is 6.87. The number of nitrogens with one attached hydrogen (secondary N) is 2. The molecule has 1 unspecified atom stereocenters. The number of carboxylic acids is 1. The first-order valence-electron chi connectivity index (χ1n) is 12.3. The van der Waals surface area contributed by atoms with Crippen molar-refractivity contribution in [1.29, 1.82) is 0 Å². The zero-order valence-electron chi connectivity index (χ0n) is 20.4. The lowest BCUT2D eigenvalue weighted by molar-refractivity contribution is 0.0697. The first-order valence-corrected chi connectivity index (χ1v) is 12.3. The number of hydrogen-bond donors (Lipinski definition) is 3. The van der Waals surface area contributed by atoms with Crippen LogP contribution in [-0.2, 0) is 0 Å². The number of fused-ring (bicyclic) bond motifs is 1. The van der Waals surface area contributed by atoms with Crippen molar-refractivity contribution in [3.8, 4) is 22.5 Å². The molecule has 0 saturated heterocycles. The summed E-state index contributed by atoms with van der Waals surface area (Å²) in [7, 11) is 0. The number of aromatic nitrogens is 2. The van der Waals surface area contributed by atoms with Gasteiger partial charge in [0, 0.05) is 11.1 Å². The van der Waals surface area contributed by atoms with Crippen molar-refractivity contribution in [2.75, 3.05) is 0 Å². The molecular formula is C31H27N3O3. The minimum Gasteiger partial charge on any atom is -0.478 e. The van der Waals surface area contributed by atoms with Crippen molar-refractivity contribution in [2.45, 2.75) is 25.8 Å². The monoisotopic (exact) mass is 489 g/mol. The highest BCUT2D eigenvalue weighted by Crippen LogP contribution is 2.34. The summed E-state index contributed by atoms with van der Waals surface area (Å²) in [5.74, 6) is -0.751. The van der Waals surface area contributed by atoms with Crippen molar-refractivity contribution in [3.63, 3.8) is 0 Å². The van der Waals surface area contributed by atoms with E-state index in [2.05, 4.69) is 17.2 Å². The maximum Gasteiger partial charge on any atom is 0.336 e. The van der Waals surface area contributed by atoms with Crippen molar-refractivity contribution >= 4 is 22.9 Å². The van der Waals surface area contributed by atoms with Crippen LogP contribution in [0.5, 0.6) is 0 Å². The minimum absolute atomic E-state index is 0.0583. The van der Waals surface area contributed by atoms with Gasteiger partial charge in [0.2, 0.25) is 0 Å². The highest BCUT2D eigenvalue weighted by Gasteiger charge is 2.21. The van der Waals surface area contributed by atoms with Gasteiger partial charge in [-0.15, -0.1) is 0 Å². The van der Waals surface area contributed by atoms with E-state index < -0.39 is 5.97 Å². The Morgan fingerprint density at radius 2 is 1.57 bits per heavy atom. The molecule has 5 rings (SSSR count). The number of benzene rings is 4. The van der Waals surface area contributed by atoms with E-state index in [0.717, 1.165) is 40.6 Å². The van der Waals surface area contributed by atoms with Crippen LogP contribution in [0.3, 0.4) is 0 Å². The summed E-state index contributed by atoms with van der Waals surface area (Å²) in [6, 6.07) is 29.8. The van der Waals surface area contributed by atoms with Crippen molar-refractivity contribution < 1.29 is 14.7 Å². The second kappa shape index (κ2) is 10.5. The van der Waals surface area contributed by atoms with Gasteiger partial charge in [0.15, 0.2) is 0 Å². The van der Waals surface area contributed by atoms with Crippen LogP contribution in [0.4, 0.5) is 0 Å². The summed E-state index contributed by atoms with van der Waals surface area (Å²) < 4.78 is 0. The van der Waals surface area contributed by atoms with E-state index in [-0.39, 0.29) is 17.5 Å². The number of carbonyl (C=O) groups excluding carboxylic acids is 1. The Balaban J connectivity index is 1.51. The van der Waals surface area contributed by atoms with Crippen LogP contribution in [0.25, 0.3) is 33.5 Å². The first kappa shape index (κ1) is 24.0. The number of para-hydroxylation sites is 2. The summed E-state index contributed by atoms with van der Waals surface area (Å²) in [5, 5.41) is 13.2. The van der Waals surface area contributed by atoms with E-state index >= 15 is 0 Å². The molecule has 3 N–H and O–H groups in total. The van der Waals surface area contributed by atoms with Crippen LogP contribution >= 0.6 is 0 Å². The summed E-state index contributed by atoms with van der Waals surface area (Å²) >= 11 is 0. The number of hydrogen-bond acceptors (Lipinski definition) is 3. The van der Waals surface area contributed by atoms with Gasteiger partial charge in [-0.3, -0.25) is 4.79 Å². The van der Waals surface area contributed by atoms with E-state index in [0.29, 0.717) is 17.0 Å². The zero-order chi connectivity index (χ0) is 25.8. The van der Waals surface area contributed by atoms with Gasteiger partial charge in [-0.25, -0.2) is 9.78 Å². The van der Waals surface area contributed by atoms with Gasteiger partial charge in [0.05, 0.1) is 22.6 Å². The average Bonchev–Trinajstić information content (AvgIpc) is 3.37. The van der Waals surface area contributed by atoms with E-state index in [9.17, 15) is 14.7 Å². The molecule has 184 valence electrons. The molecule has 0 aliphatic heterocycles. The molecule has 0 radical (unpaired) electrons. The lowest BCUT2D eigenvalue weighted by Gasteiger charge is -2.19. The molecule has 0 saturated carbocycles. The predicted molar refractivity (Wildman–Crippen MR) is 145 cm³/mol. The maximum atomic E-state index is 13.2. The second-order valence-corrected chi connectivity index (χ2v) is 8.94. The largest absolute Gasteiger partial charge is 0.478 e. The lowest BCUT2D eigenvalue weighted by Crippen LogP contribution is -2.28. The van der Waals surface area contributed by atoms with E-state index in [1.54, 1.807) is 12.1 Å². The maximum absolute atomic E-state index is 13.2. The Labute approximate surface area is 215 Å². The Morgan fingerprint density at radius 3 is 2.30 bits per heavy atom. The van der Waals surface area contributed by atoms with E-state index in [4.69, 9.17) is 4.98 Å². The van der Waals surface area contributed by atoms with Gasteiger partial charge in [-0.1, -0.05) is 86.1 Å². The molecule has 1 atom stereocenters. The molecule has 0 aliphatic carbocycles. The fourth-order valence-electron chi connectivity index (χ4n) is 4.64. The second-order valence-electron chi connectivity index (χ2n) is 8.94. The Hall–Kier alpha value is -4.71. The Bertz CT molecular complexity index is 1540. The highest BCUT2D eigenvalue weighted by atomic mass is 16.4. The molecule has 6 nitrogen and oxygen atoms in total. The summed E-state index contributed by atoms with van der Waals surface area (Å²) in [5.41, 5.74) is 5.14. The fraction of sp³-hybridized carbons (Fsp3) is 0.129. The number of H-pyrrole nitrogens is 1. The minimum atomic E-state index is -1.10. The SMILES string of the molecule is CCCC(NC(=O)c1ccc(-c2ccccc2-c2nc3ccccc3[nH]2)c(C(=O)O)c1)c1ccccc1. The van der Waals surface area contributed by atoms with Gasteiger partial charge >= 0.3 is 5.97 Å². The first-order chi connectivity index (χ1) is 18.0. The van der Waals surface area contributed by atoms with Crippen LogP contribution < -0.4 is 5.32 Å².